The van der Waals surface area contributed by atoms with Gasteiger partial charge in [-0.15, -0.1) is 0 Å². The number of unbranched alkanes of at least 4 members (excludes halogenated alkanes) is 1. The maximum atomic E-state index is 11.8. The number of urea groups is 1. The van der Waals surface area contributed by atoms with Crippen LogP contribution >= 0.6 is 0 Å². The number of likely N-dealkylation sites (N-methyl/N-ethyl adjacent to an activating group) is 1. The van der Waals surface area contributed by atoms with Crippen molar-refractivity contribution in [3.05, 3.63) is 0 Å². The van der Waals surface area contributed by atoms with Crippen molar-refractivity contribution in [3.63, 3.8) is 0 Å². The van der Waals surface area contributed by atoms with Crippen LogP contribution in [0.25, 0.3) is 0 Å². The lowest BCUT2D eigenvalue weighted by molar-refractivity contribution is -0.143. The predicted octanol–water partition coefficient (Wildman–Crippen LogP) is -0.959. The first-order valence-corrected chi connectivity index (χ1v) is 6.55. The summed E-state index contributed by atoms with van der Waals surface area (Å²) >= 11 is 0. The highest BCUT2D eigenvalue weighted by molar-refractivity contribution is 6.44. The van der Waals surface area contributed by atoms with Gasteiger partial charge in [0.2, 0.25) is 5.91 Å². The molecule has 1 aliphatic rings. The Labute approximate surface area is 117 Å². The summed E-state index contributed by atoms with van der Waals surface area (Å²) in [6.07, 6.45) is 2.64. The molecule has 0 aromatic heterocycles. The van der Waals surface area contributed by atoms with E-state index in [4.69, 9.17) is 5.73 Å². The van der Waals surface area contributed by atoms with E-state index in [1.807, 2.05) is 6.92 Å². The number of hydrogen-bond donors (Lipinski definition) is 2. The zero-order valence-corrected chi connectivity index (χ0v) is 11.7. The van der Waals surface area contributed by atoms with Gasteiger partial charge in [0.1, 0.15) is 6.54 Å². The number of imide groups is 2. The predicted molar refractivity (Wildman–Crippen MR) is 70.4 cm³/mol. The molecule has 112 valence electrons. The molecule has 20 heavy (non-hydrogen) atoms. The molecule has 8 nitrogen and oxygen atoms in total. The maximum absolute atomic E-state index is 11.8. The van der Waals surface area contributed by atoms with Crippen LogP contribution in [0.3, 0.4) is 0 Å². The lowest BCUT2D eigenvalue weighted by atomic mass is 10.1. The number of amides is 5. The minimum atomic E-state index is -0.981. The lowest BCUT2D eigenvalue weighted by Crippen LogP contribution is -2.46. The molecule has 1 heterocycles. The van der Waals surface area contributed by atoms with E-state index in [9.17, 15) is 19.2 Å². The topological polar surface area (TPSA) is 113 Å². The van der Waals surface area contributed by atoms with E-state index in [0.717, 1.165) is 19.3 Å². The Kier molecular flexibility index (Phi) is 5.63. The van der Waals surface area contributed by atoms with Gasteiger partial charge >= 0.3 is 17.8 Å². The van der Waals surface area contributed by atoms with Crippen LogP contribution in [-0.2, 0) is 14.4 Å². The highest BCUT2D eigenvalue weighted by Crippen LogP contribution is 2.09. The van der Waals surface area contributed by atoms with Gasteiger partial charge in [0, 0.05) is 19.6 Å². The summed E-state index contributed by atoms with van der Waals surface area (Å²) in [5, 5.41) is 2.66. The lowest BCUT2D eigenvalue weighted by Gasteiger charge is -2.18. The normalized spacial score (nSPS) is 16.9. The summed E-state index contributed by atoms with van der Waals surface area (Å²) in [5.41, 5.74) is 5.54. The summed E-state index contributed by atoms with van der Waals surface area (Å²) in [6.45, 7) is 1.85. The molecule has 0 saturated carbocycles. The van der Waals surface area contributed by atoms with Crippen molar-refractivity contribution < 1.29 is 19.2 Å². The van der Waals surface area contributed by atoms with Crippen molar-refractivity contribution >= 4 is 23.8 Å². The molecule has 0 aromatic carbocycles. The summed E-state index contributed by atoms with van der Waals surface area (Å²) in [6, 6.07) is -0.975. The Morgan fingerprint density at radius 2 is 1.95 bits per heavy atom. The van der Waals surface area contributed by atoms with Crippen molar-refractivity contribution in [1.29, 1.82) is 0 Å². The fourth-order valence-electron chi connectivity index (χ4n) is 1.87. The van der Waals surface area contributed by atoms with Crippen molar-refractivity contribution in [3.8, 4) is 0 Å². The minimum absolute atomic E-state index is 0.191. The Bertz CT molecular complexity index is 424. The molecule has 0 bridgehead atoms. The maximum Gasteiger partial charge on any atom is 0.334 e. The van der Waals surface area contributed by atoms with Crippen LogP contribution in [-0.4, -0.2) is 59.7 Å². The molecular weight excluding hydrogens is 264 g/mol. The molecule has 0 aliphatic carbocycles. The van der Waals surface area contributed by atoms with Crippen LogP contribution in [0.2, 0.25) is 0 Å². The molecule has 1 atom stereocenters. The van der Waals surface area contributed by atoms with Gasteiger partial charge in [-0.2, -0.15) is 0 Å². The van der Waals surface area contributed by atoms with Crippen LogP contribution in [0.5, 0.6) is 0 Å². The first-order chi connectivity index (χ1) is 9.42. The van der Waals surface area contributed by atoms with Gasteiger partial charge in [-0.1, -0.05) is 19.8 Å². The molecule has 0 spiro atoms. The quantitative estimate of drug-likeness (QED) is 0.462. The molecule has 3 N–H and O–H groups in total. The number of carbonyl (C=O) groups is 4. The smallest absolute Gasteiger partial charge is 0.334 e. The molecule has 1 saturated heterocycles. The van der Waals surface area contributed by atoms with Crippen molar-refractivity contribution in [2.75, 3.05) is 20.1 Å². The molecular formula is C12H20N4O4. The third kappa shape index (κ3) is 3.53. The fraction of sp³-hybridized carbons (Fsp3) is 0.667. The third-order valence-electron chi connectivity index (χ3n) is 3.11. The SMILES string of the molecule is CCCCC(CN)NC(=O)CN1C(=O)C(=O)N(C)C1=O. The van der Waals surface area contributed by atoms with Gasteiger partial charge in [-0.05, 0) is 6.42 Å². The zero-order chi connectivity index (χ0) is 15.3. The van der Waals surface area contributed by atoms with Crippen LogP contribution < -0.4 is 11.1 Å². The number of nitrogens with two attached hydrogens (primary N) is 1. The van der Waals surface area contributed by atoms with Crippen LogP contribution in [0.15, 0.2) is 0 Å². The highest BCUT2D eigenvalue weighted by atomic mass is 16.2. The van der Waals surface area contributed by atoms with E-state index in [1.54, 1.807) is 0 Å². The van der Waals surface area contributed by atoms with Gasteiger partial charge in [0.05, 0.1) is 0 Å². The van der Waals surface area contributed by atoms with Crippen molar-refractivity contribution in [2.45, 2.75) is 32.2 Å². The van der Waals surface area contributed by atoms with Crippen LogP contribution in [0.1, 0.15) is 26.2 Å². The number of carbonyl (C=O) groups excluding carboxylic acids is 4. The highest BCUT2D eigenvalue weighted by Gasteiger charge is 2.43. The Morgan fingerprint density at radius 1 is 1.30 bits per heavy atom. The third-order valence-corrected chi connectivity index (χ3v) is 3.11. The van der Waals surface area contributed by atoms with E-state index < -0.39 is 30.3 Å². The van der Waals surface area contributed by atoms with E-state index in [1.165, 1.54) is 7.05 Å². The number of nitrogens with one attached hydrogen (secondary N) is 1. The average molecular weight is 284 g/mol. The largest absolute Gasteiger partial charge is 0.351 e. The second-order valence-corrected chi connectivity index (χ2v) is 4.68. The van der Waals surface area contributed by atoms with Gasteiger partial charge in [-0.25, -0.2) is 9.69 Å². The standard InChI is InChI=1S/C12H20N4O4/c1-3-4-5-8(6-13)14-9(17)7-16-11(19)10(18)15(2)12(16)20/h8H,3-7,13H2,1-2H3,(H,14,17). The van der Waals surface area contributed by atoms with Crippen molar-refractivity contribution in [2.24, 2.45) is 5.73 Å². The number of rotatable bonds is 7. The monoisotopic (exact) mass is 284 g/mol. The van der Waals surface area contributed by atoms with Gasteiger partial charge in [0.15, 0.2) is 0 Å². The fourth-order valence-corrected chi connectivity index (χ4v) is 1.87. The van der Waals surface area contributed by atoms with E-state index in [-0.39, 0.29) is 12.6 Å². The molecule has 0 radical (unpaired) electrons. The van der Waals surface area contributed by atoms with Gasteiger partial charge < -0.3 is 11.1 Å². The molecule has 1 fully saturated rings. The second-order valence-electron chi connectivity index (χ2n) is 4.68. The number of hydrogen-bond acceptors (Lipinski definition) is 5. The second kappa shape index (κ2) is 6.99. The Hall–Kier alpha value is -1.96. The van der Waals surface area contributed by atoms with Gasteiger partial charge in [0.25, 0.3) is 0 Å². The summed E-state index contributed by atoms with van der Waals surface area (Å²) in [4.78, 5) is 47.5. The number of nitrogens with zero attached hydrogens (tertiary/aromatic N) is 2. The van der Waals surface area contributed by atoms with E-state index in [0.29, 0.717) is 9.80 Å². The zero-order valence-electron chi connectivity index (χ0n) is 11.7. The molecule has 1 rings (SSSR count). The summed E-state index contributed by atoms with van der Waals surface area (Å²) in [7, 11) is 1.20. The average Bonchev–Trinajstić information content (AvgIpc) is 2.61. The first kappa shape index (κ1) is 16.1. The van der Waals surface area contributed by atoms with Crippen molar-refractivity contribution in [1.82, 2.24) is 15.1 Å². The Morgan fingerprint density at radius 3 is 2.40 bits per heavy atom. The van der Waals surface area contributed by atoms with E-state index in [2.05, 4.69) is 5.32 Å². The first-order valence-electron chi connectivity index (χ1n) is 6.55. The molecule has 8 heteroatoms. The van der Waals surface area contributed by atoms with Gasteiger partial charge in [-0.3, -0.25) is 19.3 Å². The molecule has 5 amide bonds. The molecule has 0 aromatic rings. The molecule has 1 unspecified atom stereocenters. The summed E-state index contributed by atoms with van der Waals surface area (Å²) < 4.78 is 0. The van der Waals surface area contributed by atoms with Crippen LogP contribution in [0.4, 0.5) is 4.79 Å². The molecule has 1 aliphatic heterocycles. The Balaban J connectivity index is 2.56. The minimum Gasteiger partial charge on any atom is -0.351 e. The summed E-state index contributed by atoms with van der Waals surface area (Å²) in [5.74, 6) is -2.41. The van der Waals surface area contributed by atoms with Crippen LogP contribution in [0, 0.1) is 0 Å². The van der Waals surface area contributed by atoms with E-state index >= 15 is 0 Å².